The molecule has 27 heavy (non-hydrogen) atoms. The van der Waals surface area contributed by atoms with Crippen molar-refractivity contribution in [2.45, 2.75) is 13.5 Å². The van der Waals surface area contributed by atoms with Gasteiger partial charge in [0.15, 0.2) is 0 Å². The van der Waals surface area contributed by atoms with Gasteiger partial charge in [0.1, 0.15) is 35.4 Å². The van der Waals surface area contributed by atoms with E-state index < -0.39 is 40.4 Å². The van der Waals surface area contributed by atoms with Crippen molar-refractivity contribution in [3.63, 3.8) is 0 Å². The van der Waals surface area contributed by atoms with Gasteiger partial charge in [-0.25, -0.2) is 22.4 Å². The number of aryl methyl sites for hydroxylation is 1. The molecule has 0 aliphatic rings. The molecule has 0 unspecified atom stereocenters. The SMILES string of the molecule is Cc1cc(F)c(-c2cc(F)c(C(=O)OCc3ccccc3)c(F)c2)c(F)c1. The van der Waals surface area contributed by atoms with E-state index in [4.69, 9.17) is 4.74 Å². The first-order chi connectivity index (χ1) is 12.9. The maximum Gasteiger partial charge on any atom is 0.344 e. The van der Waals surface area contributed by atoms with Gasteiger partial charge >= 0.3 is 5.97 Å². The standard InChI is InChI=1S/C21H14F4O2/c1-12-7-15(22)19(16(23)8-12)14-9-17(24)20(18(25)10-14)21(26)27-11-13-5-3-2-4-6-13/h2-10H,11H2,1H3. The minimum Gasteiger partial charge on any atom is -0.457 e. The smallest absolute Gasteiger partial charge is 0.344 e. The maximum absolute atomic E-state index is 14.3. The summed E-state index contributed by atoms with van der Waals surface area (Å²) in [7, 11) is 0. The van der Waals surface area contributed by atoms with Crippen LogP contribution >= 0.6 is 0 Å². The van der Waals surface area contributed by atoms with Crippen LogP contribution in [0.1, 0.15) is 21.5 Å². The lowest BCUT2D eigenvalue weighted by atomic mass is 10.0. The summed E-state index contributed by atoms with van der Waals surface area (Å²) in [6.45, 7) is 1.32. The van der Waals surface area contributed by atoms with Crippen LogP contribution in [0.3, 0.4) is 0 Å². The molecule has 0 heterocycles. The number of benzene rings is 3. The molecule has 2 nitrogen and oxygen atoms in total. The van der Waals surface area contributed by atoms with E-state index in [1.807, 2.05) is 0 Å². The van der Waals surface area contributed by atoms with Crippen LogP contribution in [0.25, 0.3) is 11.1 Å². The van der Waals surface area contributed by atoms with Crippen molar-refractivity contribution in [2.75, 3.05) is 0 Å². The largest absolute Gasteiger partial charge is 0.457 e. The Morgan fingerprint density at radius 2 is 1.41 bits per heavy atom. The molecule has 0 radical (unpaired) electrons. The van der Waals surface area contributed by atoms with Crippen LogP contribution in [0.15, 0.2) is 54.6 Å². The number of carbonyl (C=O) groups is 1. The number of ether oxygens (including phenoxy) is 1. The fourth-order valence-electron chi connectivity index (χ4n) is 2.68. The zero-order valence-electron chi connectivity index (χ0n) is 14.2. The predicted molar refractivity (Wildman–Crippen MR) is 92.0 cm³/mol. The molecule has 0 spiro atoms. The summed E-state index contributed by atoms with van der Waals surface area (Å²) in [6.07, 6.45) is 0. The minimum absolute atomic E-state index is 0.165. The number of carbonyl (C=O) groups excluding carboxylic acids is 1. The predicted octanol–water partition coefficient (Wildman–Crippen LogP) is 5.58. The summed E-state index contributed by atoms with van der Waals surface area (Å²) >= 11 is 0. The summed E-state index contributed by atoms with van der Waals surface area (Å²) in [5.41, 5.74) is -0.854. The third-order valence-corrected chi connectivity index (χ3v) is 3.93. The Hall–Kier alpha value is -3.15. The second kappa shape index (κ2) is 7.61. The van der Waals surface area contributed by atoms with Crippen molar-refractivity contribution in [3.05, 3.63) is 94.6 Å². The van der Waals surface area contributed by atoms with E-state index in [0.717, 1.165) is 12.1 Å². The van der Waals surface area contributed by atoms with Crippen LogP contribution < -0.4 is 0 Å². The maximum atomic E-state index is 14.3. The molecule has 0 saturated carbocycles. The van der Waals surface area contributed by atoms with E-state index in [0.29, 0.717) is 23.3 Å². The van der Waals surface area contributed by atoms with E-state index in [2.05, 4.69) is 0 Å². The van der Waals surface area contributed by atoms with E-state index >= 15 is 0 Å². The zero-order valence-corrected chi connectivity index (χ0v) is 14.2. The molecule has 3 aromatic rings. The number of rotatable bonds is 4. The van der Waals surface area contributed by atoms with Crippen LogP contribution in [0.2, 0.25) is 0 Å². The van der Waals surface area contributed by atoms with E-state index in [1.165, 1.54) is 6.92 Å². The Morgan fingerprint density at radius 3 is 1.96 bits per heavy atom. The van der Waals surface area contributed by atoms with Gasteiger partial charge < -0.3 is 4.74 Å². The van der Waals surface area contributed by atoms with Gasteiger partial charge in [0.2, 0.25) is 0 Å². The van der Waals surface area contributed by atoms with Crippen LogP contribution in [-0.4, -0.2) is 5.97 Å². The number of halogens is 4. The first-order valence-corrected chi connectivity index (χ1v) is 8.03. The molecule has 0 aromatic heterocycles. The summed E-state index contributed by atoms with van der Waals surface area (Å²) in [4.78, 5) is 12.0. The van der Waals surface area contributed by atoms with Crippen LogP contribution in [0.4, 0.5) is 17.6 Å². The van der Waals surface area contributed by atoms with Crippen molar-refractivity contribution in [1.82, 2.24) is 0 Å². The van der Waals surface area contributed by atoms with Gasteiger partial charge in [0.25, 0.3) is 0 Å². The molecular formula is C21H14F4O2. The third kappa shape index (κ3) is 4.00. The Labute approximate surface area is 153 Å². The second-order valence-electron chi connectivity index (χ2n) is 5.98. The number of esters is 1. The Morgan fingerprint density at radius 1 is 0.852 bits per heavy atom. The molecule has 0 N–H and O–H groups in total. The summed E-state index contributed by atoms with van der Waals surface area (Å²) in [5, 5.41) is 0. The molecule has 0 aliphatic carbocycles. The van der Waals surface area contributed by atoms with Crippen molar-refractivity contribution in [3.8, 4) is 11.1 Å². The Balaban J connectivity index is 1.90. The fourth-order valence-corrected chi connectivity index (χ4v) is 2.68. The highest BCUT2D eigenvalue weighted by Gasteiger charge is 2.23. The Kier molecular flexibility index (Phi) is 5.26. The molecule has 0 fully saturated rings. The normalized spacial score (nSPS) is 10.7. The molecule has 0 aliphatic heterocycles. The molecular weight excluding hydrogens is 360 g/mol. The fraction of sp³-hybridized carbons (Fsp3) is 0.0952. The summed E-state index contributed by atoms with van der Waals surface area (Å²) in [5.74, 6) is -5.63. The number of hydrogen-bond donors (Lipinski definition) is 0. The lowest BCUT2D eigenvalue weighted by Gasteiger charge is -2.11. The first-order valence-electron chi connectivity index (χ1n) is 8.03. The lowest BCUT2D eigenvalue weighted by Crippen LogP contribution is -2.11. The average Bonchev–Trinajstić information content (AvgIpc) is 2.59. The second-order valence-corrected chi connectivity index (χ2v) is 5.98. The van der Waals surface area contributed by atoms with E-state index in [-0.39, 0.29) is 12.2 Å². The van der Waals surface area contributed by atoms with Crippen molar-refractivity contribution in [1.29, 1.82) is 0 Å². The van der Waals surface area contributed by atoms with Crippen molar-refractivity contribution >= 4 is 5.97 Å². The van der Waals surface area contributed by atoms with Gasteiger partial charge in [-0.3, -0.25) is 0 Å². The number of hydrogen-bond acceptors (Lipinski definition) is 2. The molecule has 0 amide bonds. The monoisotopic (exact) mass is 374 g/mol. The zero-order chi connectivity index (χ0) is 19.6. The van der Waals surface area contributed by atoms with Gasteiger partial charge in [-0.1, -0.05) is 30.3 Å². The van der Waals surface area contributed by atoms with Crippen LogP contribution in [-0.2, 0) is 11.3 Å². The molecule has 138 valence electrons. The minimum atomic E-state index is -1.26. The van der Waals surface area contributed by atoms with Crippen molar-refractivity contribution < 1.29 is 27.1 Å². The van der Waals surface area contributed by atoms with Gasteiger partial charge in [0, 0.05) is 0 Å². The van der Waals surface area contributed by atoms with E-state index in [1.54, 1.807) is 30.3 Å². The van der Waals surface area contributed by atoms with Gasteiger partial charge in [-0.05, 0) is 47.9 Å². The highest BCUT2D eigenvalue weighted by Crippen LogP contribution is 2.30. The third-order valence-electron chi connectivity index (χ3n) is 3.93. The Bertz CT molecular complexity index is 954. The lowest BCUT2D eigenvalue weighted by molar-refractivity contribution is 0.0461. The van der Waals surface area contributed by atoms with Gasteiger partial charge in [-0.15, -0.1) is 0 Å². The molecule has 6 heteroatoms. The molecule has 0 saturated heterocycles. The highest BCUT2D eigenvalue weighted by atomic mass is 19.1. The van der Waals surface area contributed by atoms with E-state index in [9.17, 15) is 22.4 Å². The molecule has 0 atom stereocenters. The van der Waals surface area contributed by atoms with Gasteiger partial charge in [-0.2, -0.15) is 0 Å². The average molecular weight is 374 g/mol. The summed E-state index contributed by atoms with van der Waals surface area (Å²) in [6, 6.07) is 12.1. The van der Waals surface area contributed by atoms with Crippen LogP contribution in [0, 0.1) is 30.2 Å². The molecule has 3 aromatic carbocycles. The van der Waals surface area contributed by atoms with Crippen molar-refractivity contribution in [2.24, 2.45) is 0 Å². The first kappa shape index (κ1) is 18.6. The molecule has 0 bridgehead atoms. The quantitative estimate of drug-likeness (QED) is 0.440. The highest BCUT2D eigenvalue weighted by molar-refractivity contribution is 5.90. The summed E-state index contributed by atoms with van der Waals surface area (Å²) < 4.78 is 61.7. The van der Waals surface area contributed by atoms with Crippen LogP contribution in [0.5, 0.6) is 0 Å². The molecule has 3 rings (SSSR count). The topological polar surface area (TPSA) is 26.3 Å². The van der Waals surface area contributed by atoms with Gasteiger partial charge in [0.05, 0.1) is 5.56 Å².